The summed E-state index contributed by atoms with van der Waals surface area (Å²) < 4.78 is 5.77. The van der Waals surface area contributed by atoms with E-state index in [4.69, 9.17) is 4.74 Å². The van der Waals surface area contributed by atoms with Gasteiger partial charge >= 0.3 is 0 Å². The van der Waals surface area contributed by atoms with Gasteiger partial charge in [0.1, 0.15) is 5.69 Å². The molecule has 4 nitrogen and oxygen atoms in total. The zero-order chi connectivity index (χ0) is 20.6. The minimum Gasteiger partial charge on any atom is -0.490 e. The zero-order valence-electron chi connectivity index (χ0n) is 18.5. The molecule has 2 rings (SSSR count). The Bertz CT molecular complexity index is 640. The summed E-state index contributed by atoms with van der Waals surface area (Å²) in [5.74, 6) is 1.39. The minimum atomic E-state index is 0.655. The number of hydrogen-bond acceptors (Lipinski definition) is 4. The number of unbranched alkanes of at least 4 members (excludes halogenated alkanes) is 10. The molecule has 0 radical (unpaired) electrons. The molecule has 0 saturated carbocycles. The number of aromatic nitrogens is 3. The maximum absolute atomic E-state index is 5.77. The molecule has 2 heterocycles. The number of pyridine rings is 1. The third kappa shape index (κ3) is 9.87. The lowest BCUT2D eigenvalue weighted by atomic mass is 10.1. The Labute approximate surface area is 177 Å². The van der Waals surface area contributed by atoms with Crippen molar-refractivity contribution in [1.82, 2.24) is 15.0 Å². The molecule has 0 atom stereocenters. The van der Waals surface area contributed by atoms with E-state index in [1.54, 1.807) is 12.4 Å². The van der Waals surface area contributed by atoms with E-state index in [9.17, 15) is 0 Å². The van der Waals surface area contributed by atoms with Gasteiger partial charge in [-0.15, -0.1) is 0 Å². The lowest BCUT2D eigenvalue weighted by molar-refractivity contribution is 0.302. The van der Waals surface area contributed by atoms with E-state index in [0.29, 0.717) is 5.82 Å². The Morgan fingerprint density at radius 3 is 1.90 bits per heavy atom. The number of rotatable bonds is 16. The molecule has 2 aromatic heterocycles. The van der Waals surface area contributed by atoms with Crippen molar-refractivity contribution in [2.45, 2.75) is 97.3 Å². The van der Waals surface area contributed by atoms with Crippen LogP contribution in [0.4, 0.5) is 0 Å². The van der Waals surface area contributed by atoms with Crippen LogP contribution in [-0.2, 0) is 6.42 Å². The second kappa shape index (κ2) is 14.9. The fourth-order valence-corrected chi connectivity index (χ4v) is 3.41. The molecule has 0 saturated heterocycles. The van der Waals surface area contributed by atoms with Crippen molar-refractivity contribution < 1.29 is 4.74 Å². The van der Waals surface area contributed by atoms with Crippen molar-refractivity contribution >= 4 is 0 Å². The van der Waals surface area contributed by atoms with E-state index >= 15 is 0 Å². The van der Waals surface area contributed by atoms with Crippen molar-refractivity contribution in [3.63, 3.8) is 0 Å². The molecule has 0 spiro atoms. The van der Waals surface area contributed by atoms with Crippen molar-refractivity contribution in [3.8, 4) is 17.3 Å². The monoisotopic (exact) mass is 397 g/mol. The molecule has 0 bridgehead atoms. The van der Waals surface area contributed by atoms with Crippen molar-refractivity contribution in [3.05, 3.63) is 36.3 Å². The Balaban J connectivity index is 1.67. The molecule has 0 aliphatic carbocycles. The van der Waals surface area contributed by atoms with E-state index in [1.165, 1.54) is 76.2 Å². The summed E-state index contributed by atoms with van der Waals surface area (Å²) >= 11 is 0. The number of nitrogens with zero attached hydrogens (tertiary/aromatic N) is 3. The van der Waals surface area contributed by atoms with Gasteiger partial charge in [0.25, 0.3) is 0 Å². The fourth-order valence-electron chi connectivity index (χ4n) is 3.41. The van der Waals surface area contributed by atoms with Crippen LogP contribution in [0, 0.1) is 0 Å². The van der Waals surface area contributed by atoms with Gasteiger partial charge in [0.15, 0.2) is 11.6 Å². The highest BCUT2D eigenvalue weighted by Gasteiger charge is 2.04. The molecule has 0 aliphatic rings. The van der Waals surface area contributed by atoms with Gasteiger partial charge in [0, 0.05) is 6.20 Å². The van der Waals surface area contributed by atoms with E-state index in [2.05, 4.69) is 34.9 Å². The molecule has 0 N–H and O–H groups in total. The average Bonchev–Trinajstić information content (AvgIpc) is 2.76. The summed E-state index contributed by atoms with van der Waals surface area (Å²) in [7, 11) is 0. The first-order chi connectivity index (χ1) is 14.3. The SMILES string of the molecule is CCCCCCCCCOc1cnc(-c2ccc(CCCCCCC)cn2)nc1. The standard InChI is InChI=1S/C25H39N3O/c1-3-5-7-9-10-12-14-18-29-23-20-27-25(28-21-23)24-17-16-22(19-26-24)15-13-11-8-6-4-2/h16-17,19-21H,3-15,18H2,1-2H3. The maximum atomic E-state index is 5.77. The Kier molecular flexibility index (Phi) is 12.0. The van der Waals surface area contributed by atoms with Gasteiger partial charge in [-0.25, -0.2) is 9.97 Å². The Morgan fingerprint density at radius 2 is 1.28 bits per heavy atom. The molecule has 0 aromatic carbocycles. The van der Waals surface area contributed by atoms with Crippen LogP contribution in [0.25, 0.3) is 11.5 Å². The molecule has 29 heavy (non-hydrogen) atoms. The van der Waals surface area contributed by atoms with Gasteiger partial charge in [-0.1, -0.05) is 84.1 Å². The van der Waals surface area contributed by atoms with Crippen LogP contribution < -0.4 is 4.74 Å². The number of ether oxygens (including phenoxy) is 1. The molecular weight excluding hydrogens is 358 g/mol. The highest BCUT2D eigenvalue weighted by molar-refractivity contribution is 5.49. The van der Waals surface area contributed by atoms with Gasteiger partial charge < -0.3 is 4.74 Å². The van der Waals surface area contributed by atoms with Gasteiger partial charge in [-0.05, 0) is 30.9 Å². The Hall–Kier alpha value is -1.97. The smallest absolute Gasteiger partial charge is 0.178 e. The molecular formula is C25H39N3O. The number of aryl methyl sites for hydroxylation is 1. The first-order valence-corrected chi connectivity index (χ1v) is 11.7. The molecule has 160 valence electrons. The van der Waals surface area contributed by atoms with Gasteiger partial charge in [-0.3, -0.25) is 4.98 Å². The van der Waals surface area contributed by atoms with Crippen LogP contribution >= 0.6 is 0 Å². The fraction of sp³-hybridized carbons (Fsp3) is 0.640. The Morgan fingerprint density at radius 1 is 0.655 bits per heavy atom. The maximum Gasteiger partial charge on any atom is 0.178 e. The summed E-state index contributed by atoms with van der Waals surface area (Å²) in [5, 5.41) is 0. The van der Waals surface area contributed by atoms with Gasteiger partial charge in [-0.2, -0.15) is 0 Å². The molecule has 4 heteroatoms. The van der Waals surface area contributed by atoms with E-state index in [1.807, 2.05) is 12.3 Å². The van der Waals surface area contributed by atoms with Crippen LogP contribution in [-0.4, -0.2) is 21.6 Å². The van der Waals surface area contributed by atoms with Crippen molar-refractivity contribution in [2.75, 3.05) is 6.61 Å². The summed E-state index contributed by atoms with van der Waals surface area (Å²) in [5.41, 5.74) is 2.11. The lowest BCUT2D eigenvalue weighted by Crippen LogP contribution is -1.99. The topological polar surface area (TPSA) is 47.9 Å². The largest absolute Gasteiger partial charge is 0.490 e. The first kappa shape index (κ1) is 23.3. The van der Waals surface area contributed by atoms with Crippen LogP contribution in [0.2, 0.25) is 0 Å². The third-order valence-corrected chi connectivity index (χ3v) is 5.27. The first-order valence-electron chi connectivity index (χ1n) is 11.7. The van der Waals surface area contributed by atoms with Crippen LogP contribution in [0.5, 0.6) is 5.75 Å². The predicted molar refractivity (Wildman–Crippen MR) is 121 cm³/mol. The summed E-state index contributed by atoms with van der Waals surface area (Å²) in [6, 6.07) is 4.17. The second-order valence-electron chi connectivity index (χ2n) is 7.93. The van der Waals surface area contributed by atoms with Gasteiger partial charge in [0.2, 0.25) is 0 Å². The summed E-state index contributed by atoms with van der Waals surface area (Å²) in [6.07, 6.45) is 22.1. The average molecular weight is 398 g/mol. The van der Waals surface area contributed by atoms with E-state index in [-0.39, 0.29) is 0 Å². The lowest BCUT2D eigenvalue weighted by Gasteiger charge is -2.07. The molecule has 0 fully saturated rings. The predicted octanol–water partition coefficient (Wildman–Crippen LogP) is 7.18. The highest BCUT2D eigenvalue weighted by atomic mass is 16.5. The van der Waals surface area contributed by atoms with Crippen LogP contribution in [0.1, 0.15) is 96.5 Å². The third-order valence-electron chi connectivity index (χ3n) is 5.27. The van der Waals surface area contributed by atoms with E-state index in [0.717, 1.165) is 30.9 Å². The normalized spacial score (nSPS) is 11.0. The molecule has 0 aliphatic heterocycles. The molecule has 0 amide bonds. The van der Waals surface area contributed by atoms with Crippen molar-refractivity contribution in [1.29, 1.82) is 0 Å². The zero-order valence-corrected chi connectivity index (χ0v) is 18.5. The molecule has 2 aromatic rings. The van der Waals surface area contributed by atoms with Crippen LogP contribution in [0.15, 0.2) is 30.7 Å². The van der Waals surface area contributed by atoms with Crippen LogP contribution in [0.3, 0.4) is 0 Å². The minimum absolute atomic E-state index is 0.655. The molecule has 0 unspecified atom stereocenters. The van der Waals surface area contributed by atoms with Crippen molar-refractivity contribution in [2.24, 2.45) is 0 Å². The highest BCUT2D eigenvalue weighted by Crippen LogP contribution is 2.16. The number of hydrogen-bond donors (Lipinski definition) is 0. The van der Waals surface area contributed by atoms with Gasteiger partial charge in [0.05, 0.1) is 19.0 Å². The van der Waals surface area contributed by atoms with E-state index < -0.39 is 0 Å². The summed E-state index contributed by atoms with van der Waals surface area (Å²) in [4.78, 5) is 13.4. The quantitative estimate of drug-likeness (QED) is 0.281. The second-order valence-corrected chi connectivity index (χ2v) is 7.93. The summed E-state index contributed by atoms with van der Waals surface area (Å²) in [6.45, 7) is 5.24.